The van der Waals surface area contributed by atoms with E-state index >= 15 is 0 Å². The van der Waals surface area contributed by atoms with E-state index in [0.717, 1.165) is 11.3 Å². The molecule has 11 heavy (non-hydrogen) atoms. The topological polar surface area (TPSA) is 58.3 Å². The lowest BCUT2D eigenvalue weighted by molar-refractivity contribution is 0.282. The lowest BCUT2D eigenvalue weighted by atomic mass is 10.2. The van der Waals surface area contributed by atoms with Crippen LogP contribution in [-0.2, 0) is 6.61 Å². The first-order chi connectivity index (χ1) is 4.86. The average Bonchev–Trinajstić information content (AvgIpc) is 2.05. The molecule has 1 aromatic rings. The van der Waals surface area contributed by atoms with Crippen molar-refractivity contribution in [1.29, 1.82) is 0 Å². The maximum absolute atomic E-state index is 8.65. The highest BCUT2D eigenvalue weighted by molar-refractivity contribution is 5.85. The van der Waals surface area contributed by atoms with E-state index in [2.05, 4.69) is 5.43 Å². The zero-order valence-corrected chi connectivity index (χ0v) is 6.77. The Morgan fingerprint density at radius 1 is 1.27 bits per heavy atom. The minimum atomic E-state index is 0. The highest BCUT2D eigenvalue weighted by Gasteiger charge is 1.88. The van der Waals surface area contributed by atoms with Crippen molar-refractivity contribution in [2.24, 2.45) is 5.84 Å². The molecule has 0 atom stereocenters. The fourth-order valence-electron chi connectivity index (χ4n) is 0.706. The van der Waals surface area contributed by atoms with Crippen LogP contribution in [0.1, 0.15) is 5.56 Å². The molecule has 4 heteroatoms. The van der Waals surface area contributed by atoms with E-state index in [0.29, 0.717) is 0 Å². The number of nitrogen functional groups attached to an aromatic ring is 1. The van der Waals surface area contributed by atoms with Crippen LogP contribution in [0.25, 0.3) is 0 Å². The molecule has 0 aliphatic heterocycles. The fourth-order valence-corrected chi connectivity index (χ4v) is 0.706. The molecule has 0 saturated carbocycles. The van der Waals surface area contributed by atoms with Crippen LogP contribution in [-0.4, -0.2) is 5.11 Å². The SMILES string of the molecule is Cl.NNc1ccc(CO)cc1. The van der Waals surface area contributed by atoms with Crippen LogP contribution in [0.5, 0.6) is 0 Å². The van der Waals surface area contributed by atoms with Gasteiger partial charge in [-0.1, -0.05) is 12.1 Å². The van der Waals surface area contributed by atoms with Crippen molar-refractivity contribution in [3.05, 3.63) is 29.8 Å². The molecule has 1 rings (SSSR count). The number of nitrogens with one attached hydrogen (secondary N) is 1. The molecular formula is C7H11ClN2O. The second-order valence-electron chi connectivity index (χ2n) is 2.00. The van der Waals surface area contributed by atoms with Gasteiger partial charge < -0.3 is 10.5 Å². The summed E-state index contributed by atoms with van der Waals surface area (Å²) in [6, 6.07) is 7.25. The first-order valence-corrected chi connectivity index (χ1v) is 3.03. The maximum atomic E-state index is 8.65. The van der Waals surface area contributed by atoms with Gasteiger partial charge in [0.1, 0.15) is 0 Å². The summed E-state index contributed by atoms with van der Waals surface area (Å²) < 4.78 is 0. The minimum Gasteiger partial charge on any atom is -0.392 e. The summed E-state index contributed by atoms with van der Waals surface area (Å²) in [4.78, 5) is 0. The first-order valence-electron chi connectivity index (χ1n) is 3.03. The van der Waals surface area contributed by atoms with Crippen LogP contribution in [0.15, 0.2) is 24.3 Å². The molecule has 0 radical (unpaired) electrons. The van der Waals surface area contributed by atoms with Gasteiger partial charge in [0.2, 0.25) is 0 Å². The molecule has 0 fully saturated rings. The second-order valence-corrected chi connectivity index (χ2v) is 2.00. The zero-order valence-electron chi connectivity index (χ0n) is 5.95. The maximum Gasteiger partial charge on any atom is 0.0681 e. The van der Waals surface area contributed by atoms with Gasteiger partial charge in [-0.25, -0.2) is 0 Å². The van der Waals surface area contributed by atoms with Gasteiger partial charge in [0.25, 0.3) is 0 Å². The molecule has 62 valence electrons. The van der Waals surface area contributed by atoms with Crippen molar-refractivity contribution in [3.8, 4) is 0 Å². The van der Waals surface area contributed by atoms with Crippen molar-refractivity contribution in [1.82, 2.24) is 0 Å². The predicted molar refractivity (Wildman–Crippen MR) is 47.4 cm³/mol. The number of hydrogen-bond donors (Lipinski definition) is 3. The Morgan fingerprint density at radius 2 is 1.82 bits per heavy atom. The number of anilines is 1. The van der Waals surface area contributed by atoms with Crippen LogP contribution in [0.2, 0.25) is 0 Å². The van der Waals surface area contributed by atoms with Crippen molar-refractivity contribution in [3.63, 3.8) is 0 Å². The van der Waals surface area contributed by atoms with Gasteiger partial charge in [0, 0.05) is 5.69 Å². The van der Waals surface area contributed by atoms with E-state index in [1.54, 1.807) is 0 Å². The standard InChI is InChI=1S/C7H10N2O.ClH/c8-9-7-3-1-6(5-10)2-4-7;/h1-4,9-10H,5,8H2;1H. The second kappa shape index (κ2) is 4.96. The van der Waals surface area contributed by atoms with Gasteiger partial charge in [-0.05, 0) is 17.7 Å². The van der Waals surface area contributed by atoms with E-state index in [4.69, 9.17) is 10.9 Å². The molecule has 0 amide bonds. The monoisotopic (exact) mass is 174 g/mol. The average molecular weight is 175 g/mol. The Hall–Kier alpha value is -0.770. The van der Waals surface area contributed by atoms with Gasteiger partial charge in [0.05, 0.1) is 6.61 Å². The zero-order chi connectivity index (χ0) is 7.40. The highest BCUT2D eigenvalue weighted by atomic mass is 35.5. The van der Waals surface area contributed by atoms with Crippen LogP contribution in [0.4, 0.5) is 5.69 Å². The predicted octanol–water partition coefficient (Wildman–Crippen LogP) is 0.886. The fraction of sp³-hybridized carbons (Fsp3) is 0.143. The lowest BCUT2D eigenvalue weighted by Gasteiger charge is -1.99. The van der Waals surface area contributed by atoms with E-state index in [1.807, 2.05) is 24.3 Å². The third kappa shape index (κ3) is 2.76. The number of benzene rings is 1. The summed E-state index contributed by atoms with van der Waals surface area (Å²) in [5.74, 6) is 5.13. The van der Waals surface area contributed by atoms with Crippen molar-refractivity contribution >= 4 is 18.1 Å². The Bertz CT molecular complexity index is 177. The van der Waals surface area contributed by atoms with E-state index in [1.165, 1.54) is 0 Å². The number of hydrazine groups is 1. The third-order valence-electron chi connectivity index (χ3n) is 1.30. The summed E-state index contributed by atoms with van der Waals surface area (Å²) in [6.07, 6.45) is 0. The molecule has 0 aromatic heterocycles. The first kappa shape index (κ1) is 10.2. The van der Waals surface area contributed by atoms with Crippen LogP contribution in [0, 0.1) is 0 Å². The number of aliphatic hydroxyl groups is 1. The van der Waals surface area contributed by atoms with Gasteiger partial charge in [-0.3, -0.25) is 5.84 Å². The minimum absolute atomic E-state index is 0. The van der Waals surface area contributed by atoms with Crippen molar-refractivity contribution in [2.75, 3.05) is 5.43 Å². The number of aliphatic hydroxyl groups excluding tert-OH is 1. The summed E-state index contributed by atoms with van der Waals surface area (Å²) in [7, 11) is 0. The molecule has 0 unspecified atom stereocenters. The van der Waals surface area contributed by atoms with Crippen LogP contribution < -0.4 is 11.3 Å². The molecule has 0 heterocycles. The molecule has 0 aliphatic carbocycles. The Kier molecular flexibility index (Phi) is 4.61. The quantitative estimate of drug-likeness (QED) is 0.461. The number of hydrogen-bond acceptors (Lipinski definition) is 3. The summed E-state index contributed by atoms with van der Waals surface area (Å²) in [5, 5.41) is 8.65. The number of rotatable bonds is 2. The summed E-state index contributed by atoms with van der Waals surface area (Å²) in [5.41, 5.74) is 4.23. The van der Waals surface area contributed by atoms with Gasteiger partial charge in [-0.2, -0.15) is 0 Å². The van der Waals surface area contributed by atoms with Gasteiger partial charge in [0.15, 0.2) is 0 Å². The normalized spacial score (nSPS) is 8.55. The van der Waals surface area contributed by atoms with Crippen LogP contribution in [0.3, 0.4) is 0 Å². The van der Waals surface area contributed by atoms with Crippen molar-refractivity contribution < 1.29 is 5.11 Å². The third-order valence-corrected chi connectivity index (χ3v) is 1.30. The summed E-state index contributed by atoms with van der Waals surface area (Å²) in [6.45, 7) is 0.0743. The van der Waals surface area contributed by atoms with Crippen molar-refractivity contribution in [2.45, 2.75) is 6.61 Å². The number of nitrogens with two attached hydrogens (primary N) is 1. The van der Waals surface area contributed by atoms with E-state index in [-0.39, 0.29) is 19.0 Å². The Balaban J connectivity index is 0.000001000. The molecular weight excluding hydrogens is 164 g/mol. The van der Waals surface area contributed by atoms with E-state index in [9.17, 15) is 0 Å². The molecule has 0 bridgehead atoms. The van der Waals surface area contributed by atoms with E-state index < -0.39 is 0 Å². The van der Waals surface area contributed by atoms with Crippen LogP contribution >= 0.6 is 12.4 Å². The Morgan fingerprint density at radius 3 is 2.18 bits per heavy atom. The molecule has 4 N–H and O–H groups in total. The molecule has 0 spiro atoms. The van der Waals surface area contributed by atoms with Gasteiger partial charge >= 0.3 is 0 Å². The molecule has 1 aromatic carbocycles. The highest BCUT2D eigenvalue weighted by Crippen LogP contribution is 2.06. The molecule has 3 nitrogen and oxygen atoms in total. The van der Waals surface area contributed by atoms with Gasteiger partial charge in [-0.15, -0.1) is 12.4 Å². The summed E-state index contributed by atoms with van der Waals surface area (Å²) >= 11 is 0. The largest absolute Gasteiger partial charge is 0.392 e. The Labute approximate surface area is 71.6 Å². The smallest absolute Gasteiger partial charge is 0.0681 e. The lowest BCUT2D eigenvalue weighted by Crippen LogP contribution is -2.06. The molecule has 0 aliphatic rings. The number of halogens is 1. The molecule has 0 saturated heterocycles.